The molecule has 0 fully saturated rings. The Morgan fingerprint density at radius 1 is 1.15 bits per heavy atom. The van der Waals surface area contributed by atoms with Crippen LogP contribution in [0.4, 0.5) is 10.1 Å². The van der Waals surface area contributed by atoms with Crippen molar-refractivity contribution in [2.45, 2.75) is 25.4 Å². The van der Waals surface area contributed by atoms with Gasteiger partial charge in [0.25, 0.3) is 5.91 Å². The second-order valence-electron chi connectivity index (χ2n) is 7.42. The Morgan fingerprint density at radius 3 is 2.64 bits per heavy atom. The molecule has 1 atom stereocenters. The van der Waals surface area contributed by atoms with Crippen molar-refractivity contribution in [3.05, 3.63) is 71.1 Å². The van der Waals surface area contributed by atoms with E-state index < -0.39 is 29.7 Å². The molecule has 2 amide bonds. The van der Waals surface area contributed by atoms with E-state index in [4.69, 9.17) is 21.4 Å². The molecule has 4 rings (SSSR count). The van der Waals surface area contributed by atoms with Crippen LogP contribution in [0.3, 0.4) is 0 Å². The molecule has 0 bridgehead atoms. The molecule has 3 aromatic rings. The van der Waals surface area contributed by atoms with E-state index in [2.05, 4.69) is 10.7 Å². The van der Waals surface area contributed by atoms with Crippen molar-refractivity contribution >= 4 is 35.1 Å². The third kappa shape index (κ3) is 5.15. The van der Waals surface area contributed by atoms with Crippen molar-refractivity contribution in [1.82, 2.24) is 4.68 Å². The number of carboxylic acids is 1. The summed E-state index contributed by atoms with van der Waals surface area (Å²) in [7, 11) is 0. The van der Waals surface area contributed by atoms with Crippen molar-refractivity contribution in [1.29, 1.82) is 0 Å². The van der Waals surface area contributed by atoms with Gasteiger partial charge in [-0.25, -0.2) is 4.39 Å². The van der Waals surface area contributed by atoms with Gasteiger partial charge in [0.05, 0.1) is 24.2 Å². The summed E-state index contributed by atoms with van der Waals surface area (Å²) in [5.41, 5.74) is 4.83. The van der Waals surface area contributed by atoms with Crippen molar-refractivity contribution < 1.29 is 28.6 Å². The van der Waals surface area contributed by atoms with Crippen molar-refractivity contribution in [2.75, 3.05) is 10.7 Å². The number of rotatable bonds is 7. The van der Waals surface area contributed by atoms with Gasteiger partial charge in [0, 0.05) is 22.7 Å². The second kappa shape index (κ2) is 9.33. The number of nitrogens with zero attached hydrogens (tertiary/aromatic N) is 1. The number of amides is 2. The maximum Gasteiger partial charge on any atom is 0.303 e. The summed E-state index contributed by atoms with van der Waals surface area (Å²) in [5, 5.41) is 12.1. The van der Waals surface area contributed by atoms with E-state index in [1.54, 1.807) is 42.5 Å². The fraction of sp³-hybridized carbons (Fsp3) is 0.174. The number of aromatic nitrogens is 1. The summed E-state index contributed by atoms with van der Waals surface area (Å²) in [5.74, 6) is -2.01. The van der Waals surface area contributed by atoms with Crippen LogP contribution in [0.25, 0.3) is 11.3 Å². The van der Waals surface area contributed by atoms with Gasteiger partial charge < -0.3 is 15.2 Å². The predicted molar refractivity (Wildman–Crippen MR) is 119 cm³/mol. The fourth-order valence-electron chi connectivity index (χ4n) is 3.48. The highest BCUT2D eigenvalue weighted by Crippen LogP contribution is 2.32. The first-order chi connectivity index (χ1) is 15.8. The summed E-state index contributed by atoms with van der Waals surface area (Å²) in [4.78, 5) is 36.3. The van der Waals surface area contributed by atoms with Gasteiger partial charge in [-0.3, -0.25) is 24.5 Å². The third-order valence-electron chi connectivity index (χ3n) is 5.07. The van der Waals surface area contributed by atoms with Gasteiger partial charge in [-0.05, 0) is 54.6 Å². The predicted octanol–water partition coefficient (Wildman–Crippen LogP) is 3.82. The lowest BCUT2D eigenvalue weighted by Crippen LogP contribution is -2.40. The Balaban J connectivity index is 1.54. The van der Waals surface area contributed by atoms with Gasteiger partial charge in [-0.15, -0.1) is 0 Å². The molecule has 0 unspecified atom stereocenters. The number of anilines is 1. The molecule has 0 saturated carbocycles. The van der Waals surface area contributed by atoms with Crippen molar-refractivity contribution in [3.8, 4) is 17.0 Å². The molecule has 2 heterocycles. The second-order valence-corrected chi connectivity index (χ2v) is 7.86. The Labute approximate surface area is 192 Å². The number of carboxylic acid groups (broad SMARTS) is 1. The maximum atomic E-state index is 13.4. The van der Waals surface area contributed by atoms with E-state index >= 15 is 0 Å². The topological polar surface area (TPSA) is 110 Å². The molecule has 1 aliphatic heterocycles. The zero-order chi connectivity index (χ0) is 23.5. The highest BCUT2D eigenvalue weighted by atomic mass is 35.5. The number of aryl methyl sites for hydroxylation is 1. The highest BCUT2D eigenvalue weighted by molar-refractivity contribution is 6.31. The largest absolute Gasteiger partial charge is 0.481 e. The molecule has 1 aromatic heterocycles. The minimum Gasteiger partial charge on any atom is -0.481 e. The van der Waals surface area contributed by atoms with Crippen LogP contribution in [-0.4, -0.2) is 33.7 Å². The van der Waals surface area contributed by atoms with Crippen LogP contribution in [0.5, 0.6) is 5.75 Å². The summed E-state index contributed by atoms with van der Waals surface area (Å²) >= 11 is 5.93. The van der Waals surface area contributed by atoms with Gasteiger partial charge in [-0.1, -0.05) is 11.6 Å². The number of hydrogen-bond donors (Lipinski definition) is 3. The van der Waals surface area contributed by atoms with Gasteiger partial charge in [0.1, 0.15) is 11.6 Å². The molecule has 0 radical (unpaired) electrons. The van der Waals surface area contributed by atoms with Gasteiger partial charge in [0.15, 0.2) is 6.10 Å². The Kier molecular flexibility index (Phi) is 6.32. The summed E-state index contributed by atoms with van der Waals surface area (Å²) in [6, 6.07) is 13.8. The first kappa shape index (κ1) is 22.3. The molecule has 170 valence electrons. The van der Waals surface area contributed by atoms with E-state index in [9.17, 15) is 18.8 Å². The van der Waals surface area contributed by atoms with E-state index in [1.807, 2.05) is 0 Å². The molecule has 0 saturated heterocycles. The molecule has 0 spiro atoms. The number of fused-ring (bicyclic) bond motifs is 1. The third-order valence-corrected chi connectivity index (χ3v) is 5.30. The van der Waals surface area contributed by atoms with Crippen LogP contribution in [0, 0.1) is 5.82 Å². The lowest BCUT2D eigenvalue weighted by Gasteiger charge is -2.26. The number of halogens is 2. The number of carbonyl (C=O) groups is 3. The zero-order valence-electron chi connectivity index (χ0n) is 17.2. The average molecular weight is 472 g/mol. The van der Waals surface area contributed by atoms with Crippen LogP contribution in [0.1, 0.15) is 18.5 Å². The standard InChI is InChI=1S/C23H19ClFN3O5/c24-14-3-9-19-17(11-14)26-23(32)20(33-19)12-21(29)27-28-16(7-10-22(30)31)6-8-18(28)13-1-4-15(25)5-2-13/h1-6,8-9,11,20H,7,10,12H2,(H,26,32)(H,27,29)(H,30,31)/t20-/m0/s1. The number of ether oxygens (including phenoxy) is 1. The van der Waals surface area contributed by atoms with Crippen molar-refractivity contribution in [2.24, 2.45) is 0 Å². The molecule has 10 heteroatoms. The lowest BCUT2D eigenvalue weighted by molar-refractivity contribution is -0.137. The van der Waals surface area contributed by atoms with Crippen LogP contribution >= 0.6 is 11.6 Å². The van der Waals surface area contributed by atoms with Gasteiger partial charge in [-0.2, -0.15) is 0 Å². The number of nitrogens with one attached hydrogen (secondary N) is 2. The maximum absolute atomic E-state index is 13.4. The van der Waals surface area contributed by atoms with E-state index in [-0.39, 0.29) is 19.3 Å². The van der Waals surface area contributed by atoms with Gasteiger partial charge >= 0.3 is 5.97 Å². The Morgan fingerprint density at radius 2 is 1.91 bits per heavy atom. The van der Waals surface area contributed by atoms with Crippen LogP contribution in [0.2, 0.25) is 5.02 Å². The number of aliphatic carboxylic acids is 1. The summed E-state index contributed by atoms with van der Waals surface area (Å²) in [6.07, 6.45) is -1.33. The Bertz CT molecular complexity index is 1230. The SMILES string of the molecule is O=C(O)CCc1ccc(-c2ccc(F)cc2)n1NC(=O)C[C@@H]1Oc2ccc(Cl)cc2NC1=O. The molecule has 1 aliphatic rings. The fourth-order valence-corrected chi connectivity index (χ4v) is 3.65. The van der Waals surface area contributed by atoms with E-state index in [0.29, 0.717) is 33.4 Å². The molecule has 3 N–H and O–H groups in total. The first-order valence-electron chi connectivity index (χ1n) is 10.1. The number of hydrogen-bond acceptors (Lipinski definition) is 4. The zero-order valence-corrected chi connectivity index (χ0v) is 17.9. The molecule has 33 heavy (non-hydrogen) atoms. The summed E-state index contributed by atoms with van der Waals surface area (Å²) < 4.78 is 20.5. The quantitative estimate of drug-likeness (QED) is 0.485. The smallest absolute Gasteiger partial charge is 0.303 e. The molecule has 2 aromatic carbocycles. The Hall–Kier alpha value is -3.85. The number of benzene rings is 2. The van der Waals surface area contributed by atoms with Crippen molar-refractivity contribution in [3.63, 3.8) is 0 Å². The average Bonchev–Trinajstić information content (AvgIpc) is 3.15. The lowest BCUT2D eigenvalue weighted by atomic mass is 10.1. The summed E-state index contributed by atoms with van der Waals surface area (Å²) in [6.45, 7) is 0. The molecule has 0 aliphatic carbocycles. The van der Waals surface area contributed by atoms with E-state index in [0.717, 1.165) is 0 Å². The van der Waals surface area contributed by atoms with Crippen LogP contribution < -0.4 is 15.5 Å². The molecular weight excluding hydrogens is 453 g/mol. The van der Waals surface area contributed by atoms with Crippen LogP contribution in [-0.2, 0) is 20.8 Å². The minimum absolute atomic E-state index is 0.143. The minimum atomic E-state index is -1.06. The van der Waals surface area contributed by atoms with Gasteiger partial charge in [0.2, 0.25) is 5.91 Å². The monoisotopic (exact) mass is 471 g/mol. The first-order valence-corrected chi connectivity index (χ1v) is 10.4. The highest BCUT2D eigenvalue weighted by Gasteiger charge is 2.30. The molecule has 8 nitrogen and oxygen atoms in total. The molecular formula is C23H19ClFN3O5. The normalized spacial score (nSPS) is 14.7. The van der Waals surface area contributed by atoms with Crippen LogP contribution in [0.15, 0.2) is 54.6 Å². The number of carbonyl (C=O) groups excluding carboxylic acids is 2. The van der Waals surface area contributed by atoms with E-state index in [1.165, 1.54) is 16.8 Å².